The number of methoxy groups -OCH3 is 1. The topological polar surface area (TPSA) is 43.4 Å². The van der Waals surface area contributed by atoms with E-state index in [4.69, 9.17) is 0 Å². The zero-order valence-corrected chi connectivity index (χ0v) is 15.5. The van der Waals surface area contributed by atoms with Crippen LogP contribution in [0.5, 0.6) is 0 Å². The van der Waals surface area contributed by atoms with Gasteiger partial charge in [-0.3, -0.25) is 9.59 Å². The summed E-state index contributed by atoms with van der Waals surface area (Å²) < 4.78 is 4.63. The summed E-state index contributed by atoms with van der Waals surface area (Å²) in [7, 11) is 1.45. The van der Waals surface area contributed by atoms with Crippen LogP contribution in [0.2, 0.25) is 0 Å². The van der Waals surface area contributed by atoms with E-state index in [1.165, 1.54) is 71.3 Å². The fraction of sp³-hybridized carbons (Fsp3) is 0.900. The lowest BCUT2D eigenvalue weighted by molar-refractivity contribution is -0.140. The fourth-order valence-corrected chi connectivity index (χ4v) is 2.81. The van der Waals surface area contributed by atoms with Gasteiger partial charge in [0.25, 0.3) is 0 Å². The van der Waals surface area contributed by atoms with Gasteiger partial charge in [0.15, 0.2) is 0 Å². The summed E-state index contributed by atoms with van der Waals surface area (Å²) in [4.78, 5) is 22.1. The SMILES string of the molecule is CCC(=O)CCCCCCCCCCCCCCCC(=O)OC. The lowest BCUT2D eigenvalue weighted by atomic mass is 10.0. The maximum atomic E-state index is 11.2. The molecular formula is C20H38O3. The maximum Gasteiger partial charge on any atom is 0.305 e. The molecule has 0 aliphatic carbocycles. The van der Waals surface area contributed by atoms with E-state index in [9.17, 15) is 9.59 Å². The third kappa shape index (κ3) is 17.3. The number of carbonyl (C=O) groups is 2. The van der Waals surface area contributed by atoms with Crippen molar-refractivity contribution in [2.24, 2.45) is 0 Å². The van der Waals surface area contributed by atoms with E-state index in [1.807, 2.05) is 6.92 Å². The van der Waals surface area contributed by atoms with Gasteiger partial charge in [0, 0.05) is 19.3 Å². The van der Waals surface area contributed by atoms with Crippen LogP contribution in [0, 0.1) is 0 Å². The van der Waals surface area contributed by atoms with Gasteiger partial charge in [-0.1, -0.05) is 77.6 Å². The van der Waals surface area contributed by atoms with Gasteiger partial charge in [0.05, 0.1) is 7.11 Å². The highest BCUT2D eigenvalue weighted by atomic mass is 16.5. The largest absolute Gasteiger partial charge is 0.469 e. The van der Waals surface area contributed by atoms with Crippen LogP contribution in [0.1, 0.15) is 110 Å². The van der Waals surface area contributed by atoms with E-state index in [0.29, 0.717) is 18.6 Å². The first kappa shape index (κ1) is 22.1. The summed E-state index contributed by atoms with van der Waals surface area (Å²) in [5.41, 5.74) is 0. The molecule has 0 atom stereocenters. The molecule has 136 valence electrons. The van der Waals surface area contributed by atoms with E-state index in [1.54, 1.807) is 0 Å². The number of carbonyl (C=O) groups excluding carboxylic acids is 2. The van der Waals surface area contributed by atoms with Gasteiger partial charge in [-0.25, -0.2) is 0 Å². The summed E-state index contributed by atoms with van der Waals surface area (Å²) in [5, 5.41) is 0. The monoisotopic (exact) mass is 326 g/mol. The van der Waals surface area contributed by atoms with E-state index in [0.717, 1.165) is 25.7 Å². The Morgan fingerprint density at radius 2 is 0.957 bits per heavy atom. The van der Waals surface area contributed by atoms with Crippen molar-refractivity contribution in [1.82, 2.24) is 0 Å². The Hall–Kier alpha value is -0.860. The second-order valence-electron chi connectivity index (χ2n) is 6.56. The Bertz CT molecular complexity index is 259. The number of rotatable bonds is 17. The minimum Gasteiger partial charge on any atom is -0.469 e. The van der Waals surface area contributed by atoms with Gasteiger partial charge in [-0.2, -0.15) is 0 Å². The van der Waals surface area contributed by atoms with E-state index >= 15 is 0 Å². The molecule has 3 nitrogen and oxygen atoms in total. The molecule has 0 saturated carbocycles. The Balaban J connectivity index is 3.05. The highest BCUT2D eigenvalue weighted by Gasteiger charge is 1.99. The molecule has 0 N–H and O–H groups in total. The average molecular weight is 327 g/mol. The van der Waals surface area contributed by atoms with Crippen molar-refractivity contribution >= 4 is 11.8 Å². The van der Waals surface area contributed by atoms with Crippen molar-refractivity contribution in [2.45, 2.75) is 110 Å². The minimum absolute atomic E-state index is 0.0815. The van der Waals surface area contributed by atoms with Crippen molar-refractivity contribution < 1.29 is 14.3 Å². The van der Waals surface area contributed by atoms with Crippen LogP contribution in [0.4, 0.5) is 0 Å². The number of ketones is 1. The molecule has 0 spiro atoms. The van der Waals surface area contributed by atoms with Crippen LogP contribution in [-0.4, -0.2) is 18.9 Å². The Kier molecular flexibility index (Phi) is 16.8. The summed E-state index contributed by atoms with van der Waals surface area (Å²) in [6, 6.07) is 0. The summed E-state index contributed by atoms with van der Waals surface area (Å²) in [6.45, 7) is 1.95. The molecule has 0 aliphatic heterocycles. The second kappa shape index (κ2) is 17.5. The molecule has 0 radical (unpaired) electrons. The van der Waals surface area contributed by atoms with Gasteiger partial charge in [0.2, 0.25) is 0 Å². The van der Waals surface area contributed by atoms with Gasteiger partial charge >= 0.3 is 5.97 Å². The molecule has 0 amide bonds. The lowest BCUT2D eigenvalue weighted by Gasteiger charge is -2.03. The van der Waals surface area contributed by atoms with Crippen molar-refractivity contribution in [3.63, 3.8) is 0 Å². The Labute approximate surface area is 143 Å². The zero-order valence-electron chi connectivity index (χ0n) is 15.5. The number of ether oxygens (including phenoxy) is 1. The molecule has 0 aromatic rings. The number of hydrogen-bond acceptors (Lipinski definition) is 3. The molecule has 0 rings (SSSR count). The van der Waals surface area contributed by atoms with E-state index < -0.39 is 0 Å². The molecule has 0 bridgehead atoms. The number of hydrogen-bond donors (Lipinski definition) is 0. The van der Waals surface area contributed by atoms with Gasteiger partial charge in [-0.05, 0) is 12.8 Å². The molecule has 3 heteroatoms. The molecule has 0 heterocycles. The van der Waals surface area contributed by atoms with Crippen LogP contribution < -0.4 is 0 Å². The van der Waals surface area contributed by atoms with Gasteiger partial charge < -0.3 is 4.74 Å². The molecule has 0 fully saturated rings. The van der Waals surface area contributed by atoms with Crippen molar-refractivity contribution in [3.05, 3.63) is 0 Å². The first-order chi connectivity index (χ1) is 11.2. The van der Waals surface area contributed by atoms with Crippen LogP contribution in [0.15, 0.2) is 0 Å². The molecule has 0 aromatic carbocycles. The maximum absolute atomic E-state index is 11.2. The zero-order chi connectivity index (χ0) is 17.2. The van der Waals surface area contributed by atoms with Crippen molar-refractivity contribution in [3.8, 4) is 0 Å². The Morgan fingerprint density at radius 3 is 1.30 bits per heavy atom. The summed E-state index contributed by atoms with van der Waals surface area (Å²) in [6.07, 6.45) is 18.4. The third-order valence-corrected chi connectivity index (χ3v) is 4.46. The van der Waals surface area contributed by atoms with E-state index in [-0.39, 0.29) is 5.97 Å². The molecular weight excluding hydrogens is 288 g/mol. The minimum atomic E-state index is -0.0815. The number of esters is 1. The van der Waals surface area contributed by atoms with Crippen molar-refractivity contribution in [1.29, 1.82) is 0 Å². The highest BCUT2D eigenvalue weighted by Crippen LogP contribution is 2.13. The smallest absolute Gasteiger partial charge is 0.305 e. The van der Waals surface area contributed by atoms with Crippen LogP contribution in [-0.2, 0) is 14.3 Å². The predicted octanol–water partition coefficient (Wildman–Crippen LogP) is 5.99. The normalized spacial score (nSPS) is 10.7. The third-order valence-electron chi connectivity index (χ3n) is 4.46. The molecule has 0 aliphatic rings. The van der Waals surface area contributed by atoms with E-state index in [2.05, 4.69) is 4.74 Å². The van der Waals surface area contributed by atoms with Crippen LogP contribution >= 0.6 is 0 Å². The fourth-order valence-electron chi connectivity index (χ4n) is 2.81. The van der Waals surface area contributed by atoms with Gasteiger partial charge in [0.1, 0.15) is 5.78 Å². The lowest BCUT2D eigenvalue weighted by Crippen LogP contribution is -1.99. The first-order valence-corrected chi connectivity index (χ1v) is 9.79. The molecule has 0 aromatic heterocycles. The van der Waals surface area contributed by atoms with Crippen LogP contribution in [0.25, 0.3) is 0 Å². The second-order valence-corrected chi connectivity index (χ2v) is 6.56. The standard InChI is InChI=1S/C20H38O3/c1-3-19(21)17-15-13-11-9-7-5-4-6-8-10-12-14-16-18-20(22)23-2/h3-18H2,1-2H3. The Morgan fingerprint density at radius 1 is 0.609 bits per heavy atom. The number of Topliss-reactive ketones (excluding diaryl/α,β-unsaturated/α-hetero) is 1. The van der Waals surface area contributed by atoms with Crippen LogP contribution in [0.3, 0.4) is 0 Å². The first-order valence-electron chi connectivity index (χ1n) is 9.79. The summed E-state index contributed by atoms with van der Waals surface area (Å²) in [5.74, 6) is 0.331. The highest BCUT2D eigenvalue weighted by molar-refractivity contribution is 5.77. The summed E-state index contributed by atoms with van der Waals surface area (Å²) >= 11 is 0. The quantitative estimate of drug-likeness (QED) is 0.243. The number of unbranched alkanes of at least 4 members (excludes halogenated alkanes) is 12. The average Bonchev–Trinajstić information content (AvgIpc) is 2.57. The molecule has 23 heavy (non-hydrogen) atoms. The molecule has 0 unspecified atom stereocenters. The molecule has 0 saturated heterocycles. The predicted molar refractivity (Wildman–Crippen MR) is 96.6 cm³/mol. The van der Waals surface area contributed by atoms with Crippen molar-refractivity contribution in [2.75, 3.05) is 7.11 Å². The van der Waals surface area contributed by atoms with Gasteiger partial charge in [-0.15, -0.1) is 0 Å².